The van der Waals surface area contributed by atoms with Gasteiger partial charge in [-0.3, -0.25) is 4.90 Å². The van der Waals surface area contributed by atoms with E-state index in [0.717, 1.165) is 16.5 Å². The lowest BCUT2D eigenvalue weighted by Crippen LogP contribution is -2.33. The van der Waals surface area contributed by atoms with Crippen molar-refractivity contribution < 1.29 is 5.11 Å². The Bertz CT molecular complexity index is 557. The van der Waals surface area contributed by atoms with E-state index in [-0.39, 0.29) is 6.61 Å². The summed E-state index contributed by atoms with van der Waals surface area (Å²) in [6.45, 7) is 5.71. The van der Waals surface area contributed by atoms with E-state index in [1.165, 1.54) is 0 Å². The number of aliphatic hydroxyl groups is 1. The molecule has 0 aliphatic rings. The zero-order valence-corrected chi connectivity index (χ0v) is 12.1. The second kappa shape index (κ2) is 6.33. The van der Waals surface area contributed by atoms with Crippen LogP contribution in [0.15, 0.2) is 30.3 Å². The first-order valence-electron chi connectivity index (χ1n) is 6.51. The highest BCUT2D eigenvalue weighted by Crippen LogP contribution is 2.22. The SMILES string of the molecule is CC(C)N(CCO)Cc1cc2ccccc2nc1Cl. The van der Waals surface area contributed by atoms with Crippen LogP contribution in [0.4, 0.5) is 0 Å². The predicted molar refractivity (Wildman–Crippen MR) is 79.4 cm³/mol. The topological polar surface area (TPSA) is 36.4 Å². The molecule has 19 heavy (non-hydrogen) atoms. The van der Waals surface area contributed by atoms with Crippen LogP contribution in [0.3, 0.4) is 0 Å². The second-order valence-corrected chi connectivity index (χ2v) is 5.28. The number of fused-ring (bicyclic) bond motifs is 1. The lowest BCUT2D eigenvalue weighted by molar-refractivity contribution is 0.159. The summed E-state index contributed by atoms with van der Waals surface area (Å²) in [6.07, 6.45) is 0. The minimum Gasteiger partial charge on any atom is -0.395 e. The van der Waals surface area contributed by atoms with Gasteiger partial charge < -0.3 is 5.11 Å². The molecular formula is C15H19ClN2O. The number of hydrogen-bond acceptors (Lipinski definition) is 3. The number of halogens is 1. The van der Waals surface area contributed by atoms with E-state index in [2.05, 4.69) is 29.8 Å². The Morgan fingerprint density at radius 2 is 2.05 bits per heavy atom. The molecule has 0 atom stereocenters. The molecular weight excluding hydrogens is 260 g/mol. The fourth-order valence-electron chi connectivity index (χ4n) is 2.11. The van der Waals surface area contributed by atoms with E-state index in [1.54, 1.807) is 0 Å². The van der Waals surface area contributed by atoms with Gasteiger partial charge in [0.2, 0.25) is 0 Å². The first kappa shape index (κ1) is 14.3. The van der Waals surface area contributed by atoms with Crippen LogP contribution in [0.2, 0.25) is 5.15 Å². The molecule has 4 heteroatoms. The Hall–Kier alpha value is -1.16. The minimum atomic E-state index is 0.150. The van der Waals surface area contributed by atoms with Crippen LogP contribution in [0.25, 0.3) is 10.9 Å². The van der Waals surface area contributed by atoms with Crippen molar-refractivity contribution in [2.24, 2.45) is 0 Å². The van der Waals surface area contributed by atoms with Gasteiger partial charge in [0.1, 0.15) is 5.15 Å². The van der Waals surface area contributed by atoms with Gasteiger partial charge in [0.15, 0.2) is 0 Å². The van der Waals surface area contributed by atoms with Crippen molar-refractivity contribution in [1.82, 2.24) is 9.88 Å². The highest BCUT2D eigenvalue weighted by molar-refractivity contribution is 6.30. The summed E-state index contributed by atoms with van der Waals surface area (Å²) in [5, 5.41) is 10.8. The van der Waals surface area contributed by atoms with Gasteiger partial charge >= 0.3 is 0 Å². The van der Waals surface area contributed by atoms with Gasteiger partial charge in [-0.05, 0) is 26.0 Å². The molecule has 0 bridgehead atoms. The Balaban J connectivity index is 2.31. The minimum absolute atomic E-state index is 0.150. The van der Waals surface area contributed by atoms with Gasteiger partial charge in [-0.1, -0.05) is 29.8 Å². The van der Waals surface area contributed by atoms with Gasteiger partial charge in [-0.25, -0.2) is 4.98 Å². The van der Waals surface area contributed by atoms with E-state index < -0.39 is 0 Å². The lowest BCUT2D eigenvalue weighted by Gasteiger charge is -2.25. The van der Waals surface area contributed by atoms with Crippen LogP contribution < -0.4 is 0 Å². The van der Waals surface area contributed by atoms with Gasteiger partial charge in [-0.2, -0.15) is 0 Å². The normalized spacial score (nSPS) is 11.7. The van der Waals surface area contributed by atoms with Crippen molar-refractivity contribution in [3.8, 4) is 0 Å². The number of hydrogen-bond donors (Lipinski definition) is 1. The van der Waals surface area contributed by atoms with Crippen LogP contribution in [0.1, 0.15) is 19.4 Å². The summed E-state index contributed by atoms with van der Waals surface area (Å²) in [5.74, 6) is 0. The number of aliphatic hydroxyl groups excluding tert-OH is 1. The molecule has 0 saturated carbocycles. The quantitative estimate of drug-likeness (QED) is 0.854. The lowest BCUT2D eigenvalue weighted by atomic mass is 10.1. The smallest absolute Gasteiger partial charge is 0.134 e. The van der Waals surface area contributed by atoms with Crippen LogP contribution in [0.5, 0.6) is 0 Å². The monoisotopic (exact) mass is 278 g/mol. The fourth-order valence-corrected chi connectivity index (χ4v) is 2.32. The molecule has 2 rings (SSSR count). The number of rotatable bonds is 5. The maximum atomic E-state index is 9.11. The molecule has 0 fully saturated rings. The van der Waals surface area contributed by atoms with Gasteiger partial charge in [0, 0.05) is 30.1 Å². The predicted octanol–water partition coefficient (Wildman–Crippen LogP) is 3.09. The highest BCUT2D eigenvalue weighted by Gasteiger charge is 2.13. The van der Waals surface area contributed by atoms with Gasteiger partial charge in [0.25, 0.3) is 0 Å². The fraction of sp³-hybridized carbons (Fsp3) is 0.400. The number of nitrogens with zero attached hydrogens (tertiary/aromatic N) is 2. The molecule has 1 aromatic heterocycles. The summed E-state index contributed by atoms with van der Waals surface area (Å²) in [5.41, 5.74) is 1.91. The van der Waals surface area contributed by atoms with Crippen LogP contribution in [-0.4, -0.2) is 34.2 Å². The third-order valence-electron chi connectivity index (χ3n) is 3.24. The second-order valence-electron chi connectivity index (χ2n) is 4.92. The zero-order valence-electron chi connectivity index (χ0n) is 11.3. The van der Waals surface area contributed by atoms with Crippen molar-refractivity contribution >= 4 is 22.5 Å². The average molecular weight is 279 g/mol. The summed E-state index contributed by atoms with van der Waals surface area (Å²) in [4.78, 5) is 6.60. The largest absolute Gasteiger partial charge is 0.395 e. The number of pyridine rings is 1. The maximum Gasteiger partial charge on any atom is 0.134 e. The Labute approximate surface area is 118 Å². The third-order valence-corrected chi connectivity index (χ3v) is 3.57. The van der Waals surface area contributed by atoms with Crippen molar-refractivity contribution in [2.45, 2.75) is 26.4 Å². The molecule has 2 aromatic rings. The van der Waals surface area contributed by atoms with Crippen molar-refractivity contribution in [1.29, 1.82) is 0 Å². The Morgan fingerprint density at radius 3 is 2.74 bits per heavy atom. The molecule has 1 N–H and O–H groups in total. The maximum absolute atomic E-state index is 9.11. The van der Waals surface area contributed by atoms with E-state index in [4.69, 9.17) is 16.7 Å². The summed E-state index contributed by atoms with van der Waals surface area (Å²) in [6, 6.07) is 10.4. The molecule has 0 aliphatic heterocycles. The highest BCUT2D eigenvalue weighted by atomic mass is 35.5. The Morgan fingerprint density at radius 1 is 1.32 bits per heavy atom. The molecule has 0 saturated heterocycles. The van der Waals surface area contributed by atoms with Gasteiger partial charge in [-0.15, -0.1) is 0 Å². The molecule has 0 radical (unpaired) electrons. The van der Waals surface area contributed by atoms with E-state index in [1.807, 2.05) is 24.3 Å². The van der Waals surface area contributed by atoms with E-state index in [0.29, 0.717) is 24.3 Å². The van der Waals surface area contributed by atoms with Crippen molar-refractivity contribution in [3.05, 3.63) is 41.0 Å². The third kappa shape index (κ3) is 3.44. The van der Waals surface area contributed by atoms with Crippen LogP contribution in [-0.2, 0) is 6.54 Å². The number of para-hydroxylation sites is 1. The Kier molecular flexibility index (Phi) is 4.75. The van der Waals surface area contributed by atoms with E-state index >= 15 is 0 Å². The molecule has 0 unspecified atom stereocenters. The molecule has 3 nitrogen and oxygen atoms in total. The molecule has 0 amide bonds. The average Bonchev–Trinajstić information content (AvgIpc) is 2.38. The number of benzene rings is 1. The zero-order chi connectivity index (χ0) is 13.8. The summed E-state index contributed by atoms with van der Waals surface area (Å²) < 4.78 is 0. The van der Waals surface area contributed by atoms with Crippen molar-refractivity contribution in [2.75, 3.05) is 13.2 Å². The van der Waals surface area contributed by atoms with Crippen LogP contribution >= 0.6 is 11.6 Å². The first-order chi connectivity index (χ1) is 9.11. The molecule has 0 spiro atoms. The molecule has 1 heterocycles. The molecule has 1 aromatic carbocycles. The molecule has 0 aliphatic carbocycles. The standard InChI is InChI=1S/C15H19ClN2O/c1-11(2)18(7-8-19)10-13-9-12-5-3-4-6-14(12)17-15(13)16/h3-6,9,11,19H,7-8,10H2,1-2H3. The van der Waals surface area contributed by atoms with Crippen molar-refractivity contribution in [3.63, 3.8) is 0 Å². The first-order valence-corrected chi connectivity index (χ1v) is 6.88. The van der Waals surface area contributed by atoms with Gasteiger partial charge in [0.05, 0.1) is 12.1 Å². The number of aromatic nitrogens is 1. The molecule has 102 valence electrons. The summed E-state index contributed by atoms with van der Waals surface area (Å²) in [7, 11) is 0. The summed E-state index contributed by atoms with van der Waals surface area (Å²) >= 11 is 6.25. The van der Waals surface area contributed by atoms with E-state index in [9.17, 15) is 0 Å². The van der Waals surface area contributed by atoms with Crippen LogP contribution in [0, 0.1) is 0 Å².